The third-order valence-electron chi connectivity index (χ3n) is 4.22. The number of carbonyl (C=O) groups is 3. The Labute approximate surface area is 181 Å². The summed E-state index contributed by atoms with van der Waals surface area (Å²) in [5.41, 5.74) is 4.05. The van der Waals surface area contributed by atoms with Gasteiger partial charge in [0.2, 0.25) is 0 Å². The first kappa shape index (κ1) is 23.4. The topological polar surface area (TPSA) is 100 Å². The highest BCUT2D eigenvalue weighted by atomic mass is 35.5. The third kappa shape index (κ3) is 7.87. The number of amides is 3. The van der Waals surface area contributed by atoms with Crippen LogP contribution in [-0.4, -0.2) is 53.6 Å². The quantitative estimate of drug-likeness (QED) is 0.460. The molecule has 162 valence electrons. The van der Waals surface area contributed by atoms with Crippen molar-refractivity contribution in [3.05, 3.63) is 48.0 Å². The Morgan fingerprint density at radius 1 is 1.23 bits per heavy atom. The van der Waals surface area contributed by atoms with E-state index in [1.54, 1.807) is 6.08 Å². The number of alkyl carbamates (subject to hydrolysis) is 1. The van der Waals surface area contributed by atoms with E-state index >= 15 is 0 Å². The van der Waals surface area contributed by atoms with Crippen molar-refractivity contribution in [1.82, 2.24) is 15.8 Å². The first-order valence-corrected chi connectivity index (χ1v) is 10.3. The van der Waals surface area contributed by atoms with E-state index in [0.717, 1.165) is 10.6 Å². The Morgan fingerprint density at radius 2 is 1.97 bits per heavy atom. The van der Waals surface area contributed by atoms with Crippen LogP contribution in [0.25, 0.3) is 0 Å². The molecule has 0 fully saturated rings. The van der Waals surface area contributed by atoms with Gasteiger partial charge in [0.1, 0.15) is 18.5 Å². The fourth-order valence-electron chi connectivity index (χ4n) is 2.76. The lowest BCUT2D eigenvalue weighted by molar-refractivity contribution is -0.139. The zero-order valence-electron chi connectivity index (χ0n) is 17.1. The molecule has 0 spiro atoms. The van der Waals surface area contributed by atoms with Crippen molar-refractivity contribution >= 4 is 35.2 Å². The summed E-state index contributed by atoms with van der Waals surface area (Å²) in [7, 11) is 0. The number of hydrogen-bond acceptors (Lipinski definition) is 5. The number of alkyl halides is 1. The highest BCUT2D eigenvalue weighted by Gasteiger charge is 2.26. The predicted molar refractivity (Wildman–Crippen MR) is 115 cm³/mol. The molecule has 1 heterocycles. The molecule has 1 aromatic rings. The Morgan fingerprint density at radius 3 is 2.57 bits per heavy atom. The summed E-state index contributed by atoms with van der Waals surface area (Å²) >= 11 is 5.67. The molecule has 1 aliphatic rings. The van der Waals surface area contributed by atoms with E-state index in [9.17, 15) is 14.4 Å². The number of hydrogen-bond donors (Lipinski definition) is 2. The van der Waals surface area contributed by atoms with Crippen molar-refractivity contribution in [3.63, 3.8) is 0 Å². The molecule has 0 saturated carbocycles. The molecule has 0 radical (unpaired) electrons. The molecule has 30 heavy (non-hydrogen) atoms. The average Bonchev–Trinajstić information content (AvgIpc) is 3.24. The normalized spacial score (nSPS) is 13.5. The minimum absolute atomic E-state index is 0.0890. The van der Waals surface area contributed by atoms with E-state index in [0.29, 0.717) is 18.7 Å². The maximum absolute atomic E-state index is 12.8. The standard InChI is InChI=1S/C21H27ClN4O4/c1-15(2)11-18(24-21(29)30-14-16-7-4-3-5-8-16)20(28)25-26(19(27)12-22)13-17-9-6-10-23-17/h3-9,15,18H,10-14H2,1-2H3,(H,24,29)(H,25,28)/t18-/m0/s1. The van der Waals surface area contributed by atoms with E-state index < -0.39 is 23.9 Å². The van der Waals surface area contributed by atoms with Crippen molar-refractivity contribution in [1.29, 1.82) is 0 Å². The highest BCUT2D eigenvalue weighted by Crippen LogP contribution is 2.07. The summed E-state index contributed by atoms with van der Waals surface area (Å²) in [6, 6.07) is 8.35. The smallest absolute Gasteiger partial charge is 0.408 e. The Balaban J connectivity index is 1.98. The fraction of sp³-hybridized carbons (Fsp3) is 0.429. The van der Waals surface area contributed by atoms with Gasteiger partial charge in [-0.2, -0.15) is 0 Å². The van der Waals surface area contributed by atoms with Crippen LogP contribution in [0.3, 0.4) is 0 Å². The maximum atomic E-state index is 12.8. The van der Waals surface area contributed by atoms with Gasteiger partial charge in [0.05, 0.1) is 18.8 Å². The fourth-order valence-corrected chi connectivity index (χ4v) is 2.90. The van der Waals surface area contributed by atoms with Crippen LogP contribution >= 0.6 is 11.6 Å². The number of nitrogens with zero attached hydrogens (tertiary/aromatic N) is 2. The molecule has 3 amide bonds. The van der Waals surface area contributed by atoms with Crippen LogP contribution in [-0.2, 0) is 20.9 Å². The molecule has 0 bridgehead atoms. The molecule has 9 heteroatoms. The minimum atomic E-state index is -0.875. The van der Waals surface area contributed by atoms with Gasteiger partial charge >= 0.3 is 6.09 Å². The highest BCUT2D eigenvalue weighted by molar-refractivity contribution is 6.27. The van der Waals surface area contributed by atoms with E-state index in [1.807, 2.05) is 50.3 Å². The number of carbonyl (C=O) groups excluding carboxylic acids is 3. The van der Waals surface area contributed by atoms with Gasteiger partial charge in [-0.15, -0.1) is 11.6 Å². The number of benzene rings is 1. The number of nitrogens with one attached hydrogen (secondary N) is 2. The van der Waals surface area contributed by atoms with E-state index in [2.05, 4.69) is 15.7 Å². The monoisotopic (exact) mass is 434 g/mol. The Bertz CT molecular complexity index is 795. The van der Waals surface area contributed by atoms with Crippen LogP contribution in [0.15, 0.2) is 47.5 Å². The zero-order valence-corrected chi connectivity index (χ0v) is 17.9. The second kappa shape index (κ2) is 12.0. The first-order chi connectivity index (χ1) is 14.4. The second-order valence-electron chi connectivity index (χ2n) is 7.21. The molecule has 8 nitrogen and oxygen atoms in total. The Kier molecular flexibility index (Phi) is 9.34. The Hall–Kier alpha value is -2.87. The van der Waals surface area contributed by atoms with Crippen LogP contribution in [0.1, 0.15) is 25.8 Å². The van der Waals surface area contributed by atoms with E-state index in [1.165, 1.54) is 0 Å². The second-order valence-corrected chi connectivity index (χ2v) is 7.48. The van der Waals surface area contributed by atoms with Crippen molar-refractivity contribution in [2.24, 2.45) is 10.9 Å². The number of hydrazine groups is 1. The molecular formula is C21H27ClN4O4. The summed E-state index contributed by atoms with van der Waals surface area (Å²) in [5.74, 6) is -1.17. The van der Waals surface area contributed by atoms with Gasteiger partial charge < -0.3 is 10.1 Å². The lowest BCUT2D eigenvalue weighted by atomic mass is 10.0. The van der Waals surface area contributed by atoms with Gasteiger partial charge in [0, 0.05) is 0 Å². The molecule has 0 aliphatic carbocycles. The van der Waals surface area contributed by atoms with Crippen LogP contribution < -0.4 is 10.7 Å². The zero-order chi connectivity index (χ0) is 21.9. The van der Waals surface area contributed by atoms with Gasteiger partial charge in [0.25, 0.3) is 11.8 Å². The first-order valence-electron chi connectivity index (χ1n) is 9.73. The molecule has 2 rings (SSSR count). The van der Waals surface area contributed by atoms with Crippen LogP contribution in [0.5, 0.6) is 0 Å². The van der Waals surface area contributed by atoms with E-state index in [-0.39, 0.29) is 24.9 Å². The van der Waals surface area contributed by atoms with Crippen LogP contribution in [0, 0.1) is 5.92 Å². The van der Waals surface area contributed by atoms with Crippen molar-refractivity contribution < 1.29 is 19.1 Å². The summed E-state index contributed by atoms with van der Waals surface area (Å²) < 4.78 is 5.21. The maximum Gasteiger partial charge on any atom is 0.408 e. The van der Waals surface area contributed by atoms with Gasteiger partial charge in [-0.3, -0.25) is 20.0 Å². The summed E-state index contributed by atoms with van der Waals surface area (Å²) in [4.78, 5) is 41.4. The van der Waals surface area contributed by atoms with Gasteiger partial charge in [-0.1, -0.05) is 50.3 Å². The predicted octanol–water partition coefficient (Wildman–Crippen LogP) is 2.44. The van der Waals surface area contributed by atoms with Crippen molar-refractivity contribution in [3.8, 4) is 0 Å². The van der Waals surface area contributed by atoms with Crippen LogP contribution in [0.2, 0.25) is 0 Å². The summed E-state index contributed by atoms with van der Waals surface area (Å²) in [6.45, 7) is 4.58. The molecule has 0 saturated heterocycles. The van der Waals surface area contributed by atoms with Gasteiger partial charge in [-0.05, 0) is 24.0 Å². The molecule has 1 aromatic carbocycles. The number of halogens is 1. The molecule has 1 atom stereocenters. The van der Waals surface area contributed by atoms with Gasteiger partial charge in [0.15, 0.2) is 0 Å². The largest absolute Gasteiger partial charge is 0.445 e. The molecule has 0 unspecified atom stereocenters. The molecular weight excluding hydrogens is 408 g/mol. The molecule has 2 N–H and O–H groups in total. The average molecular weight is 435 g/mol. The van der Waals surface area contributed by atoms with Crippen LogP contribution in [0.4, 0.5) is 4.79 Å². The summed E-state index contributed by atoms with van der Waals surface area (Å²) in [6.07, 6.45) is 3.30. The van der Waals surface area contributed by atoms with Crippen molar-refractivity contribution in [2.75, 3.05) is 19.0 Å². The molecule has 1 aliphatic heterocycles. The lowest BCUT2D eigenvalue weighted by Gasteiger charge is -2.26. The minimum Gasteiger partial charge on any atom is -0.445 e. The summed E-state index contributed by atoms with van der Waals surface area (Å²) in [5, 5.41) is 3.71. The lowest BCUT2D eigenvalue weighted by Crippen LogP contribution is -2.55. The number of rotatable bonds is 9. The number of aliphatic imine (C=N–C) groups is 1. The number of ether oxygens (including phenoxy) is 1. The molecule has 0 aromatic heterocycles. The van der Waals surface area contributed by atoms with Gasteiger partial charge in [-0.25, -0.2) is 9.80 Å². The third-order valence-corrected chi connectivity index (χ3v) is 4.45. The SMILES string of the molecule is CC(C)C[C@H](NC(=O)OCc1ccccc1)C(=O)NN(CC1=NCC=C1)C(=O)CCl. The van der Waals surface area contributed by atoms with E-state index in [4.69, 9.17) is 16.3 Å². The van der Waals surface area contributed by atoms with Crippen molar-refractivity contribution in [2.45, 2.75) is 32.9 Å².